The fourth-order valence-electron chi connectivity index (χ4n) is 7.37. The summed E-state index contributed by atoms with van der Waals surface area (Å²) in [6, 6.07) is 16.8. The molecule has 3 aliphatic heterocycles. The van der Waals surface area contributed by atoms with Crippen LogP contribution in [0.2, 0.25) is 0 Å². The Morgan fingerprint density at radius 1 is 1.02 bits per heavy atom. The summed E-state index contributed by atoms with van der Waals surface area (Å²) in [6.45, 7) is 13.3. The van der Waals surface area contributed by atoms with Gasteiger partial charge in [0.15, 0.2) is 0 Å². The van der Waals surface area contributed by atoms with Gasteiger partial charge in [-0.15, -0.1) is 5.92 Å². The van der Waals surface area contributed by atoms with Crippen LogP contribution in [-0.4, -0.2) is 96.5 Å². The highest BCUT2D eigenvalue weighted by atomic mass is 16.5. The Morgan fingerprint density at radius 2 is 1.85 bits per heavy atom. The molecule has 0 bridgehead atoms. The number of aliphatic hydroxyl groups excluding tert-OH is 1. The van der Waals surface area contributed by atoms with E-state index in [0.717, 1.165) is 70.2 Å². The summed E-state index contributed by atoms with van der Waals surface area (Å²) in [5.41, 5.74) is 4.88. The fraction of sp³-hybridized carbons (Fsp3) is 0.564. The van der Waals surface area contributed by atoms with E-state index in [1.807, 2.05) is 0 Å². The number of aliphatic hydroxyl groups is 1. The van der Waals surface area contributed by atoms with Gasteiger partial charge in [-0.3, -0.25) is 4.90 Å². The van der Waals surface area contributed by atoms with Crippen molar-refractivity contribution in [3.63, 3.8) is 0 Å². The number of likely N-dealkylation sites (N-methyl/N-ethyl adjacent to an activating group) is 1. The minimum absolute atomic E-state index is 0.0174. The number of hydrogen-bond acceptors (Lipinski definition) is 9. The van der Waals surface area contributed by atoms with E-state index in [4.69, 9.17) is 19.8 Å². The Hall–Kier alpha value is -3.89. The van der Waals surface area contributed by atoms with Gasteiger partial charge in [0.1, 0.15) is 19.0 Å². The van der Waals surface area contributed by atoms with Gasteiger partial charge in [-0.25, -0.2) is 0 Å². The number of ether oxygens (including phenoxy) is 1. The summed E-state index contributed by atoms with van der Waals surface area (Å²) in [6.07, 6.45) is 7.44. The van der Waals surface area contributed by atoms with Gasteiger partial charge in [-0.1, -0.05) is 56.0 Å². The lowest BCUT2D eigenvalue weighted by atomic mass is 9.99. The number of rotatable bonds is 10. The molecule has 2 atom stereocenters. The Labute approximate surface area is 287 Å². The SMILES string of the molecule is CC#CCO.CCCCCN1CCN(c2nc(OCC3CCCN3C)nc3c2CCN(c2cccc4cccc(C)c24)C3)CC1CC#N. The lowest BCUT2D eigenvalue weighted by Gasteiger charge is -2.42. The van der Waals surface area contributed by atoms with Gasteiger partial charge in [-0.2, -0.15) is 15.2 Å². The standard InChI is InChI=1S/C35H47N7O.C4H6O/c1-4-5-6-19-40-21-22-42(23-28(40)15-17-36)34-30-16-20-41(32-14-8-12-27-11-7-10-26(2)33(27)32)24-31(30)37-35(38-34)43-25-29-13-9-18-39(29)3;1-2-3-4-5/h7-8,10-12,14,28-29H,4-6,9,13,15-16,18-25H2,1-3H3;5H,4H2,1H3. The minimum Gasteiger partial charge on any atom is -0.462 e. The lowest BCUT2D eigenvalue weighted by Crippen LogP contribution is -2.54. The van der Waals surface area contributed by atoms with Gasteiger partial charge in [0.2, 0.25) is 0 Å². The van der Waals surface area contributed by atoms with Gasteiger partial charge in [-0.05, 0) is 76.7 Å². The molecule has 256 valence electrons. The van der Waals surface area contributed by atoms with Crippen LogP contribution in [0.25, 0.3) is 10.8 Å². The smallest absolute Gasteiger partial charge is 0.318 e. The molecule has 2 fully saturated rings. The zero-order chi connectivity index (χ0) is 33.9. The van der Waals surface area contributed by atoms with Crippen molar-refractivity contribution in [3.05, 3.63) is 53.2 Å². The Balaban J connectivity index is 0.000000840. The molecule has 6 rings (SSSR count). The topological polar surface area (TPSA) is 92.0 Å². The van der Waals surface area contributed by atoms with Crippen molar-refractivity contribution in [2.45, 2.75) is 84.3 Å². The van der Waals surface area contributed by atoms with E-state index in [-0.39, 0.29) is 12.6 Å². The predicted octanol–water partition coefficient (Wildman–Crippen LogP) is 5.57. The van der Waals surface area contributed by atoms with E-state index in [1.165, 1.54) is 53.3 Å². The van der Waals surface area contributed by atoms with Crippen LogP contribution in [0.3, 0.4) is 0 Å². The first-order chi connectivity index (χ1) is 23.5. The molecule has 0 amide bonds. The molecule has 48 heavy (non-hydrogen) atoms. The molecule has 1 aromatic heterocycles. The Morgan fingerprint density at radius 3 is 2.56 bits per heavy atom. The number of fused-ring (bicyclic) bond motifs is 2. The molecule has 0 aliphatic carbocycles. The fourth-order valence-corrected chi connectivity index (χ4v) is 7.37. The van der Waals surface area contributed by atoms with Crippen molar-refractivity contribution in [2.24, 2.45) is 0 Å². The number of aromatic nitrogens is 2. The molecule has 3 aliphatic rings. The Kier molecular flexibility index (Phi) is 12.9. The third-order valence-electron chi connectivity index (χ3n) is 10.1. The number of aryl methyl sites for hydroxylation is 1. The minimum atomic E-state index is -0.0174. The first-order valence-corrected chi connectivity index (χ1v) is 17.8. The van der Waals surface area contributed by atoms with E-state index >= 15 is 0 Å². The quantitative estimate of drug-likeness (QED) is 0.223. The zero-order valence-corrected chi connectivity index (χ0v) is 29.4. The molecule has 4 heterocycles. The molecule has 3 aromatic rings. The van der Waals surface area contributed by atoms with Crippen molar-refractivity contribution in [1.29, 1.82) is 5.26 Å². The highest BCUT2D eigenvalue weighted by Gasteiger charge is 2.32. The van der Waals surface area contributed by atoms with Gasteiger partial charge >= 0.3 is 6.01 Å². The maximum atomic E-state index is 9.68. The molecule has 0 radical (unpaired) electrons. The summed E-state index contributed by atoms with van der Waals surface area (Å²) in [7, 11) is 2.18. The summed E-state index contributed by atoms with van der Waals surface area (Å²) < 4.78 is 6.38. The summed E-state index contributed by atoms with van der Waals surface area (Å²) in [5.74, 6) is 5.95. The van der Waals surface area contributed by atoms with Crippen LogP contribution in [0.1, 0.15) is 69.2 Å². The number of anilines is 2. The number of likely N-dealkylation sites (tertiary alicyclic amines) is 1. The number of nitrogens with zero attached hydrogens (tertiary/aromatic N) is 7. The molecule has 9 heteroatoms. The molecule has 2 unspecified atom stereocenters. The molecule has 1 N–H and O–H groups in total. The van der Waals surface area contributed by atoms with Crippen LogP contribution in [0.15, 0.2) is 36.4 Å². The predicted molar refractivity (Wildman–Crippen MR) is 194 cm³/mol. The van der Waals surface area contributed by atoms with E-state index < -0.39 is 0 Å². The van der Waals surface area contributed by atoms with Crippen LogP contribution in [0.4, 0.5) is 11.5 Å². The second-order valence-electron chi connectivity index (χ2n) is 13.3. The van der Waals surface area contributed by atoms with E-state index in [1.54, 1.807) is 6.92 Å². The largest absolute Gasteiger partial charge is 0.462 e. The van der Waals surface area contributed by atoms with Crippen LogP contribution in [-0.2, 0) is 13.0 Å². The number of benzene rings is 2. The molecule has 2 aromatic carbocycles. The second-order valence-corrected chi connectivity index (χ2v) is 13.3. The van der Waals surface area contributed by atoms with Gasteiger partial charge in [0, 0.05) is 54.9 Å². The number of nitriles is 1. The van der Waals surface area contributed by atoms with Crippen molar-refractivity contribution < 1.29 is 9.84 Å². The highest BCUT2D eigenvalue weighted by molar-refractivity contribution is 5.97. The van der Waals surface area contributed by atoms with Crippen LogP contribution >= 0.6 is 0 Å². The van der Waals surface area contributed by atoms with Gasteiger partial charge in [0.05, 0.1) is 24.7 Å². The second kappa shape index (κ2) is 17.5. The average molecular weight is 652 g/mol. The van der Waals surface area contributed by atoms with Crippen molar-refractivity contribution in [3.8, 4) is 23.9 Å². The van der Waals surface area contributed by atoms with Crippen LogP contribution in [0.5, 0.6) is 6.01 Å². The third kappa shape index (κ3) is 8.57. The molecule has 0 saturated carbocycles. The van der Waals surface area contributed by atoms with Crippen molar-refractivity contribution in [1.82, 2.24) is 19.8 Å². The average Bonchev–Trinajstić information content (AvgIpc) is 3.52. The summed E-state index contributed by atoms with van der Waals surface area (Å²) in [4.78, 5) is 20.0. The zero-order valence-electron chi connectivity index (χ0n) is 29.4. The summed E-state index contributed by atoms with van der Waals surface area (Å²) in [5, 5.41) is 20.2. The van der Waals surface area contributed by atoms with Gasteiger partial charge < -0.3 is 24.5 Å². The monoisotopic (exact) mass is 651 g/mol. The van der Waals surface area contributed by atoms with Crippen molar-refractivity contribution >= 4 is 22.3 Å². The van der Waals surface area contributed by atoms with Crippen molar-refractivity contribution in [2.75, 3.05) is 69.3 Å². The molecule has 2 saturated heterocycles. The molecule has 9 nitrogen and oxygen atoms in total. The van der Waals surface area contributed by atoms with E-state index in [2.05, 4.69) is 94.8 Å². The van der Waals surface area contributed by atoms with Gasteiger partial charge in [0.25, 0.3) is 0 Å². The van der Waals surface area contributed by atoms with E-state index in [0.29, 0.717) is 25.1 Å². The third-order valence-corrected chi connectivity index (χ3v) is 10.1. The maximum absolute atomic E-state index is 9.68. The molecular formula is C39H53N7O2. The number of unbranched alkanes of at least 4 members (excludes halogenated alkanes) is 2. The molecule has 0 spiro atoms. The van der Waals surface area contributed by atoms with E-state index in [9.17, 15) is 5.26 Å². The first kappa shape index (κ1) is 35.4. The summed E-state index contributed by atoms with van der Waals surface area (Å²) >= 11 is 0. The number of piperazine rings is 1. The van der Waals surface area contributed by atoms with Crippen LogP contribution < -0.4 is 14.5 Å². The number of hydrogen-bond donors (Lipinski definition) is 1. The Bertz CT molecular complexity index is 1600. The van der Waals surface area contributed by atoms with Crippen LogP contribution in [0, 0.1) is 30.1 Å². The highest BCUT2D eigenvalue weighted by Crippen LogP contribution is 2.36. The maximum Gasteiger partial charge on any atom is 0.318 e. The normalized spacial score (nSPS) is 19.6. The lowest BCUT2D eigenvalue weighted by molar-refractivity contribution is 0.173. The molecular weight excluding hydrogens is 598 g/mol. The first-order valence-electron chi connectivity index (χ1n) is 17.8.